The number of ether oxygens (including phenoxy) is 1. The van der Waals surface area contributed by atoms with E-state index in [9.17, 15) is 5.26 Å². The van der Waals surface area contributed by atoms with Crippen LogP contribution in [0.1, 0.15) is 24.0 Å². The quantitative estimate of drug-likeness (QED) is 0.802. The minimum atomic E-state index is -0.0816. The van der Waals surface area contributed by atoms with E-state index in [-0.39, 0.29) is 12.3 Å². The Morgan fingerprint density at radius 3 is 2.48 bits per heavy atom. The van der Waals surface area contributed by atoms with Gasteiger partial charge in [-0.25, -0.2) is 9.98 Å². The number of rotatable bonds is 3. The van der Waals surface area contributed by atoms with Crippen LogP contribution in [0.3, 0.4) is 0 Å². The molecule has 1 fully saturated rings. The van der Waals surface area contributed by atoms with Gasteiger partial charge in [0.1, 0.15) is 0 Å². The summed E-state index contributed by atoms with van der Waals surface area (Å²) in [6, 6.07) is 10.7. The first kappa shape index (κ1) is 21.1. The number of nitriles is 1. The van der Waals surface area contributed by atoms with Crippen LogP contribution < -0.4 is 5.73 Å². The number of nitrogens with two attached hydrogens (primary N) is 1. The fourth-order valence-electron chi connectivity index (χ4n) is 4.22. The van der Waals surface area contributed by atoms with Crippen LogP contribution in [-0.4, -0.2) is 79.6 Å². The second-order valence-corrected chi connectivity index (χ2v) is 8.22. The molecule has 4 rings (SSSR count). The van der Waals surface area contributed by atoms with Crippen molar-refractivity contribution in [2.24, 2.45) is 15.7 Å². The summed E-state index contributed by atoms with van der Waals surface area (Å²) in [5, 5.41) is 9.18. The van der Waals surface area contributed by atoms with Crippen molar-refractivity contribution in [3.05, 3.63) is 58.9 Å². The van der Waals surface area contributed by atoms with Crippen molar-refractivity contribution < 1.29 is 4.74 Å². The lowest BCUT2D eigenvalue weighted by Crippen LogP contribution is -2.51. The lowest BCUT2D eigenvalue weighted by molar-refractivity contribution is 0.0732. The zero-order chi connectivity index (χ0) is 22.0. The standard InChI is InChI=1S/C23H29N7O/c1-28-15-20(18-13-26-23(31-3)29(2)14-18)21(17-6-4-16(12-24)5-7-17)27-22(28)30-10-8-19(25)9-11-30/h4-7,13,15,19,22H,8-11,14,25H2,1-3H3. The third-order valence-corrected chi connectivity index (χ3v) is 5.98. The van der Waals surface area contributed by atoms with Gasteiger partial charge < -0.3 is 20.3 Å². The lowest BCUT2D eigenvalue weighted by atomic mass is 9.94. The Morgan fingerprint density at radius 2 is 1.87 bits per heavy atom. The number of hydrogen-bond donors (Lipinski definition) is 1. The summed E-state index contributed by atoms with van der Waals surface area (Å²) in [5.74, 6) is 0. The summed E-state index contributed by atoms with van der Waals surface area (Å²) in [4.78, 5) is 16.2. The van der Waals surface area contributed by atoms with Crippen LogP contribution in [0.25, 0.3) is 0 Å². The normalized spacial score (nSPS) is 22.9. The van der Waals surface area contributed by atoms with Gasteiger partial charge in [0.25, 0.3) is 6.02 Å². The molecule has 3 aliphatic heterocycles. The van der Waals surface area contributed by atoms with Gasteiger partial charge in [-0.2, -0.15) is 5.26 Å². The van der Waals surface area contributed by atoms with Crippen molar-refractivity contribution in [3.63, 3.8) is 0 Å². The van der Waals surface area contributed by atoms with Crippen molar-refractivity contribution in [2.75, 3.05) is 40.8 Å². The number of piperidine rings is 1. The third-order valence-electron chi connectivity index (χ3n) is 5.98. The summed E-state index contributed by atoms with van der Waals surface area (Å²) < 4.78 is 5.33. The molecular weight excluding hydrogens is 390 g/mol. The van der Waals surface area contributed by atoms with Crippen LogP contribution in [0.4, 0.5) is 0 Å². The van der Waals surface area contributed by atoms with Crippen LogP contribution in [0, 0.1) is 11.3 Å². The van der Waals surface area contributed by atoms with Crippen molar-refractivity contribution in [1.82, 2.24) is 14.7 Å². The number of likely N-dealkylation sites (tertiary alicyclic amines) is 1. The number of hydrogen-bond acceptors (Lipinski definition) is 8. The van der Waals surface area contributed by atoms with Crippen molar-refractivity contribution in [1.29, 1.82) is 5.26 Å². The Hall–Kier alpha value is -3.15. The number of likely N-dealkylation sites (N-methyl/N-ethyl adjacent to an activating group) is 1. The van der Waals surface area contributed by atoms with E-state index < -0.39 is 0 Å². The average molecular weight is 420 g/mol. The molecule has 0 bridgehead atoms. The maximum Gasteiger partial charge on any atom is 0.291 e. The summed E-state index contributed by atoms with van der Waals surface area (Å²) in [6.45, 7) is 2.53. The molecule has 8 heteroatoms. The van der Waals surface area contributed by atoms with Gasteiger partial charge in [0.15, 0.2) is 6.29 Å². The van der Waals surface area contributed by atoms with Gasteiger partial charge in [0, 0.05) is 68.9 Å². The van der Waals surface area contributed by atoms with E-state index in [4.69, 9.17) is 15.5 Å². The van der Waals surface area contributed by atoms with Gasteiger partial charge >= 0.3 is 0 Å². The highest BCUT2D eigenvalue weighted by atomic mass is 16.5. The molecule has 1 atom stereocenters. The van der Waals surface area contributed by atoms with Crippen LogP contribution >= 0.6 is 0 Å². The predicted molar refractivity (Wildman–Crippen MR) is 121 cm³/mol. The van der Waals surface area contributed by atoms with Gasteiger partial charge in [0.05, 0.1) is 24.5 Å². The van der Waals surface area contributed by atoms with Gasteiger partial charge in [-0.15, -0.1) is 0 Å². The molecule has 1 aromatic carbocycles. The first-order valence-corrected chi connectivity index (χ1v) is 10.5. The Labute approximate surface area is 183 Å². The number of benzene rings is 1. The highest BCUT2D eigenvalue weighted by Gasteiger charge is 2.31. The third kappa shape index (κ3) is 4.33. The Balaban J connectivity index is 1.72. The summed E-state index contributed by atoms with van der Waals surface area (Å²) in [5.41, 5.74) is 10.7. The fourth-order valence-corrected chi connectivity index (χ4v) is 4.22. The fraction of sp³-hybridized carbons (Fsp3) is 0.435. The van der Waals surface area contributed by atoms with E-state index >= 15 is 0 Å². The van der Waals surface area contributed by atoms with Crippen molar-refractivity contribution in [2.45, 2.75) is 25.2 Å². The van der Waals surface area contributed by atoms with Crippen molar-refractivity contribution in [3.8, 4) is 6.07 Å². The zero-order valence-corrected chi connectivity index (χ0v) is 18.3. The number of aliphatic imine (C=N–C) groups is 2. The monoisotopic (exact) mass is 419 g/mol. The maximum absolute atomic E-state index is 9.18. The molecule has 0 aromatic heterocycles. The predicted octanol–water partition coefficient (Wildman–Crippen LogP) is 1.72. The van der Waals surface area contributed by atoms with Gasteiger partial charge in [0.2, 0.25) is 0 Å². The first-order chi connectivity index (χ1) is 15.0. The molecule has 0 amide bonds. The zero-order valence-electron chi connectivity index (χ0n) is 18.3. The van der Waals surface area contributed by atoms with Crippen molar-refractivity contribution >= 4 is 11.7 Å². The minimum Gasteiger partial charge on any atom is -0.468 e. The van der Waals surface area contributed by atoms with E-state index in [1.807, 2.05) is 42.4 Å². The molecule has 0 radical (unpaired) electrons. The largest absolute Gasteiger partial charge is 0.468 e. The van der Waals surface area contributed by atoms with Crippen LogP contribution in [-0.2, 0) is 4.74 Å². The van der Waals surface area contributed by atoms with Crippen LogP contribution in [0.15, 0.2) is 57.8 Å². The highest BCUT2D eigenvalue weighted by molar-refractivity contribution is 6.16. The number of amidine groups is 1. The Bertz CT molecular complexity index is 978. The minimum absolute atomic E-state index is 0.0816. The molecule has 31 heavy (non-hydrogen) atoms. The van der Waals surface area contributed by atoms with Gasteiger partial charge in [-0.1, -0.05) is 12.1 Å². The smallest absolute Gasteiger partial charge is 0.291 e. The van der Waals surface area contributed by atoms with Crippen LogP contribution in [0.5, 0.6) is 0 Å². The molecule has 0 spiro atoms. The number of nitrogens with zero attached hydrogens (tertiary/aromatic N) is 6. The molecule has 1 unspecified atom stereocenters. The molecule has 1 saturated heterocycles. The van der Waals surface area contributed by atoms with Gasteiger partial charge in [-0.3, -0.25) is 4.90 Å². The summed E-state index contributed by atoms with van der Waals surface area (Å²) >= 11 is 0. The second-order valence-electron chi connectivity index (χ2n) is 8.22. The summed E-state index contributed by atoms with van der Waals surface area (Å²) in [7, 11) is 5.65. The molecule has 8 nitrogen and oxygen atoms in total. The molecule has 162 valence electrons. The summed E-state index contributed by atoms with van der Waals surface area (Å²) in [6.07, 6.45) is 5.90. The first-order valence-electron chi connectivity index (χ1n) is 10.5. The molecule has 3 heterocycles. The molecule has 0 saturated carbocycles. The van der Waals surface area contributed by atoms with Gasteiger partial charge in [-0.05, 0) is 25.0 Å². The number of methoxy groups -OCH3 is 1. The van der Waals surface area contributed by atoms with E-state index in [2.05, 4.69) is 34.1 Å². The Morgan fingerprint density at radius 1 is 1.16 bits per heavy atom. The average Bonchev–Trinajstić information content (AvgIpc) is 2.79. The Kier molecular flexibility index (Phi) is 6.07. The second kappa shape index (κ2) is 8.92. The molecule has 1 aromatic rings. The maximum atomic E-state index is 9.18. The van der Waals surface area contributed by atoms with E-state index in [1.54, 1.807) is 7.11 Å². The lowest BCUT2D eigenvalue weighted by Gasteiger charge is -2.41. The highest BCUT2D eigenvalue weighted by Crippen LogP contribution is 2.28. The molecule has 2 N–H and O–H groups in total. The van der Waals surface area contributed by atoms with E-state index in [0.717, 1.165) is 48.4 Å². The molecular formula is C23H29N7O. The van der Waals surface area contributed by atoms with E-state index in [1.165, 1.54) is 0 Å². The molecule has 0 aliphatic carbocycles. The van der Waals surface area contributed by atoms with Crippen LogP contribution in [0.2, 0.25) is 0 Å². The molecule has 3 aliphatic rings. The SMILES string of the molecule is COC1=NC=C(C2=CN(C)C(N3CCC(N)CC3)N=C2c2ccc(C#N)cc2)CN1C. The van der Waals surface area contributed by atoms with E-state index in [0.29, 0.717) is 18.1 Å². The topological polar surface area (TPSA) is 93.5 Å².